The standard InChI is InChI=1S/C23H20FN5O5/c24-16-5-9-17(10-6-16)28-21-20(22(30)27(23(28)31)13-19-2-1-11-34-19)26(14-25-21)12-15-3-7-18(8-4-15)29(32)33/h3-10,14,19H,1-2,11-13H2/t19-/m1/s1. The second-order valence-electron chi connectivity index (χ2n) is 8.11. The molecule has 0 aliphatic carbocycles. The van der Waals surface area contributed by atoms with Crippen molar-refractivity contribution in [2.75, 3.05) is 6.61 Å². The van der Waals surface area contributed by atoms with E-state index in [4.69, 9.17) is 4.74 Å². The lowest BCUT2D eigenvalue weighted by atomic mass is 10.2. The number of fused-ring (bicyclic) bond motifs is 1. The largest absolute Gasteiger partial charge is 0.376 e. The molecule has 0 unspecified atom stereocenters. The monoisotopic (exact) mass is 465 g/mol. The summed E-state index contributed by atoms with van der Waals surface area (Å²) in [5.74, 6) is -0.454. The van der Waals surface area contributed by atoms with Crippen molar-refractivity contribution in [3.05, 3.63) is 97.2 Å². The molecule has 1 aliphatic heterocycles. The van der Waals surface area contributed by atoms with E-state index >= 15 is 0 Å². The molecular weight excluding hydrogens is 445 g/mol. The van der Waals surface area contributed by atoms with Gasteiger partial charge in [-0.15, -0.1) is 0 Å². The fourth-order valence-electron chi connectivity index (χ4n) is 4.20. The number of nitrogens with zero attached hydrogens (tertiary/aromatic N) is 5. The molecule has 2 aromatic heterocycles. The zero-order valence-corrected chi connectivity index (χ0v) is 18.0. The van der Waals surface area contributed by atoms with Crippen molar-refractivity contribution in [3.63, 3.8) is 0 Å². The second kappa shape index (κ2) is 8.67. The Morgan fingerprint density at radius 3 is 2.50 bits per heavy atom. The van der Waals surface area contributed by atoms with Crippen LogP contribution in [-0.4, -0.2) is 36.3 Å². The molecule has 0 amide bonds. The van der Waals surface area contributed by atoms with Gasteiger partial charge in [-0.25, -0.2) is 18.7 Å². The van der Waals surface area contributed by atoms with Gasteiger partial charge in [0.05, 0.1) is 29.6 Å². The summed E-state index contributed by atoms with van der Waals surface area (Å²) in [6.07, 6.45) is 2.79. The number of nitro benzene ring substituents is 1. The number of ether oxygens (including phenoxy) is 1. The summed E-state index contributed by atoms with van der Waals surface area (Å²) in [7, 11) is 0. The molecule has 1 atom stereocenters. The molecule has 0 bridgehead atoms. The predicted octanol–water partition coefficient (Wildman–Crippen LogP) is 2.62. The SMILES string of the molecule is O=c1c2c(ncn2Cc2ccc([N+](=O)[O-])cc2)n(-c2ccc(F)cc2)c(=O)n1C[C@H]1CCCO1. The third-order valence-corrected chi connectivity index (χ3v) is 5.90. The highest BCUT2D eigenvalue weighted by Gasteiger charge is 2.23. The van der Waals surface area contributed by atoms with Crippen LogP contribution in [0.1, 0.15) is 18.4 Å². The first-order chi connectivity index (χ1) is 16.4. The van der Waals surface area contributed by atoms with Crippen molar-refractivity contribution in [2.24, 2.45) is 0 Å². The molecule has 0 spiro atoms. The van der Waals surface area contributed by atoms with Gasteiger partial charge in [-0.2, -0.15) is 0 Å². The minimum atomic E-state index is -0.583. The molecule has 11 heteroatoms. The van der Waals surface area contributed by atoms with Gasteiger partial charge in [0.25, 0.3) is 11.2 Å². The maximum Gasteiger partial charge on any atom is 0.337 e. The van der Waals surface area contributed by atoms with E-state index in [1.54, 1.807) is 16.7 Å². The lowest BCUT2D eigenvalue weighted by molar-refractivity contribution is -0.384. The fourth-order valence-corrected chi connectivity index (χ4v) is 4.20. The maximum absolute atomic E-state index is 13.5. The van der Waals surface area contributed by atoms with Crippen LogP contribution in [0.15, 0.2) is 64.4 Å². The Bertz CT molecular complexity index is 1480. The Hall–Kier alpha value is -4.12. The Morgan fingerprint density at radius 1 is 1.12 bits per heavy atom. The number of benzene rings is 2. The number of halogens is 1. The molecule has 4 aromatic rings. The van der Waals surface area contributed by atoms with Crippen molar-refractivity contribution in [2.45, 2.75) is 32.0 Å². The van der Waals surface area contributed by atoms with Crippen LogP contribution < -0.4 is 11.2 Å². The highest BCUT2D eigenvalue weighted by Crippen LogP contribution is 2.18. The topological polar surface area (TPSA) is 114 Å². The summed E-state index contributed by atoms with van der Waals surface area (Å²) in [5, 5.41) is 10.9. The number of non-ortho nitro benzene ring substituents is 1. The van der Waals surface area contributed by atoms with E-state index in [-0.39, 0.29) is 36.0 Å². The molecule has 1 aliphatic rings. The third-order valence-electron chi connectivity index (χ3n) is 5.90. The minimum Gasteiger partial charge on any atom is -0.376 e. The molecule has 174 valence electrons. The first kappa shape index (κ1) is 21.7. The molecule has 0 saturated carbocycles. The third kappa shape index (κ3) is 3.90. The zero-order chi connectivity index (χ0) is 23.8. The van der Waals surface area contributed by atoms with Gasteiger partial charge in [-0.3, -0.25) is 19.5 Å². The Labute approximate surface area is 191 Å². The summed E-state index contributed by atoms with van der Waals surface area (Å²) in [4.78, 5) is 41.7. The summed E-state index contributed by atoms with van der Waals surface area (Å²) in [5.41, 5.74) is 0.303. The van der Waals surface area contributed by atoms with Crippen molar-refractivity contribution in [1.82, 2.24) is 18.7 Å². The van der Waals surface area contributed by atoms with Crippen molar-refractivity contribution in [1.29, 1.82) is 0 Å². The van der Waals surface area contributed by atoms with E-state index in [2.05, 4.69) is 4.98 Å². The van der Waals surface area contributed by atoms with Crippen LogP contribution in [-0.2, 0) is 17.8 Å². The van der Waals surface area contributed by atoms with Crippen molar-refractivity contribution in [3.8, 4) is 5.69 Å². The van der Waals surface area contributed by atoms with Crippen molar-refractivity contribution >= 4 is 16.9 Å². The average Bonchev–Trinajstić information content (AvgIpc) is 3.49. The Balaban J connectivity index is 1.67. The molecule has 5 rings (SSSR count). The van der Waals surface area contributed by atoms with Crippen molar-refractivity contribution < 1.29 is 14.1 Å². The highest BCUT2D eigenvalue weighted by molar-refractivity contribution is 5.72. The number of hydrogen-bond acceptors (Lipinski definition) is 6. The minimum absolute atomic E-state index is 0.0386. The maximum atomic E-state index is 13.5. The number of nitro groups is 1. The fraction of sp³-hybridized carbons (Fsp3) is 0.261. The highest BCUT2D eigenvalue weighted by atomic mass is 19.1. The number of hydrogen-bond donors (Lipinski definition) is 0. The zero-order valence-electron chi connectivity index (χ0n) is 18.0. The second-order valence-corrected chi connectivity index (χ2v) is 8.11. The molecule has 1 fully saturated rings. The van der Waals surface area contributed by atoms with E-state index in [0.29, 0.717) is 12.3 Å². The lowest BCUT2D eigenvalue weighted by Crippen LogP contribution is -2.42. The van der Waals surface area contributed by atoms with Crippen LogP contribution in [0.3, 0.4) is 0 Å². The van der Waals surface area contributed by atoms with Gasteiger partial charge < -0.3 is 9.30 Å². The Morgan fingerprint density at radius 2 is 1.85 bits per heavy atom. The normalized spacial score (nSPS) is 15.7. The molecule has 34 heavy (non-hydrogen) atoms. The number of rotatable bonds is 6. The van der Waals surface area contributed by atoms with Crippen LogP contribution >= 0.6 is 0 Å². The van der Waals surface area contributed by atoms with Crippen LogP contribution in [0.4, 0.5) is 10.1 Å². The van der Waals surface area contributed by atoms with Gasteiger partial charge in [0.1, 0.15) is 5.82 Å². The summed E-state index contributed by atoms with van der Waals surface area (Å²) < 4.78 is 23.2. The van der Waals surface area contributed by atoms with E-state index in [9.17, 15) is 24.1 Å². The molecule has 0 radical (unpaired) electrons. The molecule has 3 heterocycles. The number of imidazole rings is 1. The van der Waals surface area contributed by atoms with Gasteiger partial charge in [-0.05, 0) is 42.7 Å². The summed E-state index contributed by atoms with van der Waals surface area (Å²) in [6.45, 7) is 0.884. The van der Waals surface area contributed by atoms with E-state index in [1.165, 1.54) is 47.3 Å². The van der Waals surface area contributed by atoms with Gasteiger partial charge >= 0.3 is 5.69 Å². The van der Waals surface area contributed by atoms with Crippen LogP contribution in [0.2, 0.25) is 0 Å². The number of aromatic nitrogens is 4. The summed E-state index contributed by atoms with van der Waals surface area (Å²) in [6, 6.07) is 11.3. The van der Waals surface area contributed by atoms with Gasteiger partial charge in [-0.1, -0.05) is 12.1 Å². The smallest absolute Gasteiger partial charge is 0.337 e. The quantitative estimate of drug-likeness (QED) is 0.319. The van der Waals surface area contributed by atoms with E-state index in [0.717, 1.165) is 23.0 Å². The molecule has 1 saturated heterocycles. The molecular formula is C23H20FN5O5. The van der Waals surface area contributed by atoms with Crippen LogP contribution in [0.5, 0.6) is 0 Å². The van der Waals surface area contributed by atoms with Gasteiger partial charge in [0, 0.05) is 25.3 Å². The van der Waals surface area contributed by atoms with E-state index in [1.807, 2.05) is 0 Å². The predicted molar refractivity (Wildman–Crippen MR) is 121 cm³/mol. The van der Waals surface area contributed by atoms with Crippen LogP contribution in [0.25, 0.3) is 16.9 Å². The van der Waals surface area contributed by atoms with Crippen LogP contribution in [0, 0.1) is 15.9 Å². The first-order valence-electron chi connectivity index (χ1n) is 10.7. The van der Waals surface area contributed by atoms with Gasteiger partial charge in [0.15, 0.2) is 11.2 Å². The molecule has 0 N–H and O–H groups in total. The lowest BCUT2D eigenvalue weighted by Gasteiger charge is -2.15. The van der Waals surface area contributed by atoms with Gasteiger partial charge in [0.2, 0.25) is 0 Å². The first-order valence-corrected chi connectivity index (χ1v) is 10.7. The van der Waals surface area contributed by atoms with E-state index < -0.39 is 22.0 Å². The summed E-state index contributed by atoms with van der Waals surface area (Å²) >= 11 is 0. The Kier molecular flexibility index (Phi) is 5.54. The molecule has 2 aromatic carbocycles. The average molecular weight is 465 g/mol. The molecule has 10 nitrogen and oxygen atoms in total.